The van der Waals surface area contributed by atoms with Crippen LogP contribution in [0.25, 0.3) is 0 Å². The predicted octanol–water partition coefficient (Wildman–Crippen LogP) is 5.71. The van der Waals surface area contributed by atoms with Crippen LogP contribution >= 0.6 is 0 Å². The third kappa shape index (κ3) is 6.37. The van der Waals surface area contributed by atoms with Crippen LogP contribution < -0.4 is 14.8 Å². The fourth-order valence-electron chi connectivity index (χ4n) is 2.79. The van der Waals surface area contributed by atoms with Crippen molar-refractivity contribution in [2.75, 3.05) is 11.9 Å². The Morgan fingerprint density at radius 2 is 1.56 bits per heavy atom. The van der Waals surface area contributed by atoms with Crippen LogP contribution in [0.2, 0.25) is 0 Å². The van der Waals surface area contributed by atoms with Crippen molar-refractivity contribution in [2.45, 2.75) is 32.9 Å². The molecule has 0 bridgehead atoms. The Morgan fingerprint density at radius 3 is 2.30 bits per heavy atom. The number of nitrogens with one attached hydrogen (secondary N) is 1. The maximum atomic E-state index is 5.90. The molecule has 0 atom stereocenters. The monoisotopic (exact) mass is 361 g/mol. The summed E-state index contributed by atoms with van der Waals surface area (Å²) in [5.41, 5.74) is 3.55. The fraction of sp³-hybridized carbons (Fsp3) is 0.250. The first-order chi connectivity index (χ1) is 13.2. The van der Waals surface area contributed by atoms with Crippen molar-refractivity contribution in [1.29, 1.82) is 0 Å². The molecule has 27 heavy (non-hydrogen) atoms. The molecule has 0 unspecified atom stereocenters. The number of anilines is 1. The summed E-state index contributed by atoms with van der Waals surface area (Å²) in [4.78, 5) is 0. The van der Waals surface area contributed by atoms with E-state index in [4.69, 9.17) is 9.47 Å². The molecule has 3 nitrogen and oxygen atoms in total. The van der Waals surface area contributed by atoms with E-state index >= 15 is 0 Å². The second kappa shape index (κ2) is 9.67. The van der Waals surface area contributed by atoms with E-state index < -0.39 is 0 Å². The maximum absolute atomic E-state index is 5.90. The minimum atomic E-state index is 0.193. The highest BCUT2D eigenvalue weighted by Crippen LogP contribution is 2.19. The molecule has 0 saturated carbocycles. The van der Waals surface area contributed by atoms with Gasteiger partial charge in [0.25, 0.3) is 0 Å². The van der Waals surface area contributed by atoms with Crippen LogP contribution in [-0.2, 0) is 13.0 Å². The molecular formula is C24H27NO2. The second-order valence-electron chi connectivity index (χ2n) is 6.78. The molecule has 0 saturated heterocycles. The molecule has 0 radical (unpaired) electrons. The lowest BCUT2D eigenvalue weighted by Crippen LogP contribution is -2.05. The zero-order valence-electron chi connectivity index (χ0n) is 16.0. The molecule has 0 aromatic heterocycles. The lowest BCUT2D eigenvalue weighted by molar-refractivity contribution is 0.242. The Morgan fingerprint density at radius 1 is 0.778 bits per heavy atom. The molecule has 3 heteroatoms. The van der Waals surface area contributed by atoms with Crippen molar-refractivity contribution in [3.63, 3.8) is 0 Å². The van der Waals surface area contributed by atoms with Gasteiger partial charge in [0.1, 0.15) is 11.5 Å². The van der Waals surface area contributed by atoms with Crippen LogP contribution in [0.4, 0.5) is 5.69 Å². The highest BCUT2D eigenvalue weighted by molar-refractivity contribution is 5.48. The topological polar surface area (TPSA) is 30.5 Å². The van der Waals surface area contributed by atoms with E-state index in [1.54, 1.807) is 0 Å². The van der Waals surface area contributed by atoms with E-state index in [0.717, 1.165) is 30.2 Å². The van der Waals surface area contributed by atoms with Crippen LogP contribution in [-0.4, -0.2) is 12.7 Å². The van der Waals surface area contributed by atoms with Gasteiger partial charge in [-0.3, -0.25) is 0 Å². The van der Waals surface area contributed by atoms with Crippen LogP contribution in [0.1, 0.15) is 25.0 Å². The van der Waals surface area contributed by atoms with Gasteiger partial charge in [-0.25, -0.2) is 0 Å². The number of hydrogen-bond donors (Lipinski definition) is 1. The van der Waals surface area contributed by atoms with Crippen molar-refractivity contribution in [3.05, 3.63) is 90.0 Å². The van der Waals surface area contributed by atoms with E-state index in [2.05, 4.69) is 47.8 Å². The summed E-state index contributed by atoms with van der Waals surface area (Å²) >= 11 is 0. The summed E-state index contributed by atoms with van der Waals surface area (Å²) in [6.45, 7) is 5.50. The summed E-state index contributed by atoms with van der Waals surface area (Å²) in [6, 6.07) is 26.7. The van der Waals surface area contributed by atoms with Gasteiger partial charge in [-0.15, -0.1) is 0 Å². The molecule has 0 fully saturated rings. The fourth-order valence-corrected chi connectivity index (χ4v) is 2.79. The smallest absolute Gasteiger partial charge is 0.121 e. The van der Waals surface area contributed by atoms with Crippen molar-refractivity contribution in [1.82, 2.24) is 0 Å². The Bertz CT molecular complexity index is 813. The zero-order chi connectivity index (χ0) is 18.9. The quantitative estimate of drug-likeness (QED) is 0.530. The minimum Gasteiger partial charge on any atom is -0.493 e. The van der Waals surface area contributed by atoms with Gasteiger partial charge in [-0.1, -0.05) is 48.5 Å². The summed E-state index contributed by atoms with van der Waals surface area (Å²) < 4.78 is 11.6. The number of benzene rings is 3. The highest BCUT2D eigenvalue weighted by Gasteiger charge is 2.01. The third-order valence-corrected chi connectivity index (χ3v) is 4.13. The minimum absolute atomic E-state index is 0.193. The molecule has 0 aliphatic carbocycles. The van der Waals surface area contributed by atoms with Gasteiger partial charge in [0.05, 0.1) is 12.7 Å². The van der Waals surface area contributed by atoms with Crippen molar-refractivity contribution in [2.24, 2.45) is 0 Å². The molecule has 0 aliphatic heterocycles. The summed E-state index contributed by atoms with van der Waals surface area (Å²) in [6.07, 6.45) is 1.10. The lowest BCUT2D eigenvalue weighted by Gasteiger charge is -2.12. The maximum Gasteiger partial charge on any atom is 0.121 e. The SMILES string of the molecule is CC(C)Oc1ccc(CNc2cccc(OCCc3ccccc3)c2)cc1. The van der Waals surface area contributed by atoms with Gasteiger partial charge >= 0.3 is 0 Å². The van der Waals surface area contributed by atoms with Crippen molar-refractivity contribution >= 4 is 5.69 Å². The lowest BCUT2D eigenvalue weighted by atomic mass is 10.2. The Hall–Kier alpha value is -2.94. The largest absolute Gasteiger partial charge is 0.493 e. The van der Waals surface area contributed by atoms with Crippen LogP contribution in [0.5, 0.6) is 11.5 Å². The molecule has 0 spiro atoms. The summed E-state index contributed by atoms with van der Waals surface area (Å²) in [7, 11) is 0. The molecule has 3 rings (SSSR count). The average Bonchev–Trinajstić information content (AvgIpc) is 2.68. The number of rotatable bonds is 9. The van der Waals surface area contributed by atoms with Gasteiger partial charge in [0, 0.05) is 24.7 Å². The molecular weight excluding hydrogens is 334 g/mol. The predicted molar refractivity (Wildman–Crippen MR) is 112 cm³/mol. The number of hydrogen-bond acceptors (Lipinski definition) is 3. The van der Waals surface area contributed by atoms with Gasteiger partial charge < -0.3 is 14.8 Å². The molecule has 140 valence electrons. The van der Waals surface area contributed by atoms with Crippen LogP contribution in [0.15, 0.2) is 78.9 Å². The van der Waals surface area contributed by atoms with Gasteiger partial charge in [0.15, 0.2) is 0 Å². The third-order valence-electron chi connectivity index (χ3n) is 4.13. The van der Waals surface area contributed by atoms with Gasteiger partial charge in [-0.05, 0) is 49.2 Å². The normalized spacial score (nSPS) is 10.6. The first-order valence-corrected chi connectivity index (χ1v) is 9.45. The van der Waals surface area contributed by atoms with E-state index in [1.165, 1.54) is 11.1 Å². The average molecular weight is 361 g/mol. The molecule has 0 amide bonds. The second-order valence-corrected chi connectivity index (χ2v) is 6.78. The molecule has 1 N–H and O–H groups in total. The molecule has 3 aromatic rings. The van der Waals surface area contributed by atoms with E-state index in [0.29, 0.717) is 6.61 Å². The zero-order valence-corrected chi connectivity index (χ0v) is 16.0. The van der Waals surface area contributed by atoms with Gasteiger partial charge in [0.2, 0.25) is 0 Å². The number of ether oxygens (including phenoxy) is 2. The molecule has 0 aliphatic rings. The van der Waals surface area contributed by atoms with Gasteiger partial charge in [-0.2, -0.15) is 0 Å². The standard InChI is InChI=1S/C24H27NO2/c1-19(2)27-23-13-11-21(12-14-23)18-25-22-9-6-10-24(17-22)26-16-15-20-7-4-3-5-8-20/h3-14,17,19,25H,15-16,18H2,1-2H3. The summed E-state index contributed by atoms with van der Waals surface area (Å²) in [5, 5.41) is 3.45. The Balaban J connectivity index is 1.48. The van der Waals surface area contributed by atoms with E-state index in [9.17, 15) is 0 Å². The van der Waals surface area contributed by atoms with E-state index in [-0.39, 0.29) is 6.10 Å². The highest BCUT2D eigenvalue weighted by atomic mass is 16.5. The first kappa shape index (κ1) is 18.8. The summed E-state index contributed by atoms with van der Waals surface area (Å²) in [5.74, 6) is 1.79. The Kier molecular flexibility index (Phi) is 6.75. The molecule has 3 aromatic carbocycles. The van der Waals surface area contributed by atoms with Crippen LogP contribution in [0, 0.1) is 0 Å². The van der Waals surface area contributed by atoms with E-state index in [1.807, 2.05) is 50.2 Å². The molecule has 0 heterocycles. The first-order valence-electron chi connectivity index (χ1n) is 9.45. The van der Waals surface area contributed by atoms with Crippen molar-refractivity contribution in [3.8, 4) is 11.5 Å². The Labute approximate surface area is 162 Å². The van der Waals surface area contributed by atoms with Crippen LogP contribution in [0.3, 0.4) is 0 Å². The van der Waals surface area contributed by atoms with Crippen molar-refractivity contribution < 1.29 is 9.47 Å².